The molecule has 1 saturated heterocycles. The minimum absolute atomic E-state index is 0.169. The van der Waals surface area contributed by atoms with Gasteiger partial charge in [-0.3, -0.25) is 4.90 Å². The Morgan fingerprint density at radius 3 is 2.53 bits per heavy atom. The molecule has 9 nitrogen and oxygen atoms in total. The van der Waals surface area contributed by atoms with Crippen molar-refractivity contribution in [3.8, 4) is 39.8 Å². The highest BCUT2D eigenvalue weighted by Gasteiger charge is 2.35. The molecule has 1 amide bonds. The quantitative estimate of drug-likeness (QED) is 0.211. The van der Waals surface area contributed by atoms with Crippen LogP contribution in [-0.2, 0) is 4.74 Å². The van der Waals surface area contributed by atoms with E-state index >= 15 is 0 Å². The molecule has 7 rings (SSSR count). The number of imidazole rings is 1. The zero-order valence-electron chi connectivity index (χ0n) is 25.9. The van der Waals surface area contributed by atoms with Crippen molar-refractivity contribution in [2.75, 3.05) is 20.8 Å². The molecule has 0 radical (unpaired) electrons. The van der Waals surface area contributed by atoms with Gasteiger partial charge in [0.1, 0.15) is 28.7 Å². The normalized spacial score (nSPS) is 17.5. The smallest absolute Gasteiger partial charge is 0.410 e. The molecule has 3 aromatic carbocycles. The molecular weight excluding hydrogens is 592 g/mol. The van der Waals surface area contributed by atoms with E-state index in [0.717, 1.165) is 63.4 Å². The van der Waals surface area contributed by atoms with E-state index in [9.17, 15) is 4.79 Å². The third kappa shape index (κ3) is 5.35. The van der Waals surface area contributed by atoms with Gasteiger partial charge < -0.3 is 28.5 Å². The number of carbonyl (C=O) groups is 1. The van der Waals surface area contributed by atoms with Crippen LogP contribution in [0.2, 0.25) is 5.02 Å². The molecule has 2 aliphatic heterocycles. The number of H-pyrrole nitrogens is 1. The van der Waals surface area contributed by atoms with Crippen molar-refractivity contribution >= 4 is 28.6 Å². The Kier molecular flexibility index (Phi) is 7.16. The molecule has 45 heavy (non-hydrogen) atoms. The molecule has 0 spiro atoms. The predicted molar refractivity (Wildman–Crippen MR) is 173 cm³/mol. The third-order valence-corrected chi connectivity index (χ3v) is 8.53. The van der Waals surface area contributed by atoms with Crippen LogP contribution in [0.15, 0.2) is 66.9 Å². The number of methoxy groups -OCH3 is 2. The van der Waals surface area contributed by atoms with E-state index in [1.807, 2.05) is 69.4 Å². The van der Waals surface area contributed by atoms with Gasteiger partial charge in [0, 0.05) is 39.7 Å². The van der Waals surface area contributed by atoms with Crippen LogP contribution in [0, 0.1) is 0 Å². The van der Waals surface area contributed by atoms with Crippen molar-refractivity contribution in [2.24, 2.45) is 0 Å². The first-order valence-corrected chi connectivity index (χ1v) is 15.4. The van der Waals surface area contributed by atoms with Gasteiger partial charge in [-0.2, -0.15) is 0 Å². The highest BCUT2D eigenvalue weighted by atomic mass is 35.5. The molecular formula is C35H35ClN4O5. The zero-order chi connectivity index (χ0) is 31.5. The minimum atomic E-state index is -0.562. The fraction of sp³-hybridized carbons (Fsp3) is 0.314. The van der Waals surface area contributed by atoms with Gasteiger partial charge in [-0.05, 0) is 82.1 Å². The van der Waals surface area contributed by atoms with Gasteiger partial charge in [0.2, 0.25) is 6.23 Å². The second-order valence-electron chi connectivity index (χ2n) is 12.4. The summed E-state index contributed by atoms with van der Waals surface area (Å²) in [5.74, 6) is 2.82. The SMILES string of the molecule is COc1cc(OC)cc(C2Oc3cc(-c4cnc(C5CCCN5C(=O)OC(C)(C)C)[nH]4)ccc3-c3cc4cc(Cl)ccc4n32)c1. The van der Waals surface area contributed by atoms with Gasteiger partial charge in [0.15, 0.2) is 0 Å². The van der Waals surface area contributed by atoms with Crippen LogP contribution in [0.3, 0.4) is 0 Å². The van der Waals surface area contributed by atoms with Crippen molar-refractivity contribution in [3.05, 3.63) is 83.3 Å². The number of carbonyl (C=O) groups excluding carboxylic acids is 1. The number of nitrogens with one attached hydrogen (secondary N) is 1. The largest absolute Gasteiger partial charge is 0.497 e. The lowest BCUT2D eigenvalue weighted by Gasteiger charge is -2.31. The number of nitrogens with zero attached hydrogens (tertiary/aromatic N) is 3. The lowest BCUT2D eigenvalue weighted by molar-refractivity contribution is 0.0218. The summed E-state index contributed by atoms with van der Waals surface area (Å²) in [6.07, 6.45) is 2.71. The first kappa shape index (κ1) is 29.1. The van der Waals surface area contributed by atoms with Crippen LogP contribution in [0.5, 0.6) is 17.2 Å². The predicted octanol–water partition coefficient (Wildman–Crippen LogP) is 8.38. The summed E-state index contributed by atoms with van der Waals surface area (Å²) in [6, 6.07) is 19.8. The Labute approximate surface area is 266 Å². The third-order valence-electron chi connectivity index (χ3n) is 8.29. The number of aromatic nitrogens is 3. The van der Waals surface area contributed by atoms with Crippen molar-refractivity contribution in [3.63, 3.8) is 0 Å². The van der Waals surface area contributed by atoms with Crippen LogP contribution < -0.4 is 14.2 Å². The van der Waals surface area contributed by atoms with Crippen molar-refractivity contribution in [2.45, 2.75) is 51.5 Å². The first-order chi connectivity index (χ1) is 21.6. The van der Waals surface area contributed by atoms with Crippen molar-refractivity contribution < 1.29 is 23.7 Å². The van der Waals surface area contributed by atoms with Gasteiger partial charge in [0.25, 0.3) is 0 Å². The maximum atomic E-state index is 12.9. The number of hydrogen-bond donors (Lipinski definition) is 1. The van der Waals surface area contributed by atoms with Crippen LogP contribution >= 0.6 is 11.6 Å². The molecule has 1 N–H and O–H groups in total. The maximum absolute atomic E-state index is 12.9. The molecule has 10 heteroatoms. The summed E-state index contributed by atoms with van der Waals surface area (Å²) in [5.41, 5.74) is 5.05. The Hall–Kier alpha value is -4.63. The molecule has 2 aliphatic rings. The first-order valence-electron chi connectivity index (χ1n) is 15.0. The van der Waals surface area contributed by atoms with E-state index < -0.39 is 11.8 Å². The Morgan fingerprint density at radius 1 is 1.02 bits per heavy atom. The summed E-state index contributed by atoms with van der Waals surface area (Å²) in [7, 11) is 3.27. The van der Waals surface area contributed by atoms with Gasteiger partial charge >= 0.3 is 6.09 Å². The number of fused-ring (bicyclic) bond motifs is 5. The standard InChI is InChI=1S/C35H35ClN4O5/c1-35(2,3)45-34(41)39-12-6-7-29(39)32-37-19-27(38-32)20-8-10-26-30-16-21-13-23(36)9-11-28(21)40(30)33(44-31(26)17-20)22-14-24(42-4)18-25(15-22)43-5/h8-11,13-19,29,33H,6-7,12H2,1-5H3,(H,37,38). The Morgan fingerprint density at radius 2 is 1.80 bits per heavy atom. The number of halogens is 1. The fourth-order valence-electron chi connectivity index (χ4n) is 6.27. The second kappa shape index (κ2) is 11.1. The molecule has 0 bridgehead atoms. The molecule has 232 valence electrons. The van der Waals surface area contributed by atoms with Crippen LogP contribution in [-0.4, -0.2) is 51.9 Å². The number of hydrogen-bond acceptors (Lipinski definition) is 6. The number of benzene rings is 3. The number of amides is 1. The molecule has 2 aromatic heterocycles. The molecule has 1 fully saturated rings. The average molecular weight is 627 g/mol. The number of aromatic amines is 1. The van der Waals surface area contributed by atoms with E-state index in [0.29, 0.717) is 23.1 Å². The van der Waals surface area contributed by atoms with Gasteiger partial charge in [-0.1, -0.05) is 17.7 Å². The van der Waals surface area contributed by atoms with Gasteiger partial charge in [0.05, 0.1) is 43.4 Å². The van der Waals surface area contributed by atoms with Crippen LogP contribution in [0.1, 0.15) is 57.3 Å². The summed E-state index contributed by atoms with van der Waals surface area (Å²) < 4.78 is 25.8. The summed E-state index contributed by atoms with van der Waals surface area (Å²) in [5, 5.41) is 1.69. The summed E-state index contributed by atoms with van der Waals surface area (Å²) in [6.45, 7) is 6.27. The van der Waals surface area contributed by atoms with Crippen molar-refractivity contribution in [1.82, 2.24) is 19.4 Å². The average Bonchev–Trinajstić information content (AvgIpc) is 3.77. The Bertz CT molecular complexity index is 1900. The van der Waals surface area contributed by atoms with Crippen molar-refractivity contribution in [1.29, 1.82) is 0 Å². The van der Waals surface area contributed by atoms with E-state index in [4.69, 9.17) is 35.5 Å². The van der Waals surface area contributed by atoms with Crippen LogP contribution in [0.4, 0.5) is 4.79 Å². The molecule has 2 unspecified atom stereocenters. The molecule has 4 heterocycles. The summed E-state index contributed by atoms with van der Waals surface area (Å²) in [4.78, 5) is 22.9. The topological polar surface area (TPSA) is 90.8 Å². The van der Waals surface area contributed by atoms with Gasteiger partial charge in [-0.25, -0.2) is 9.78 Å². The van der Waals surface area contributed by atoms with Gasteiger partial charge in [-0.15, -0.1) is 0 Å². The highest BCUT2D eigenvalue weighted by Crippen LogP contribution is 2.46. The second-order valence-corrected chi connectivity index (χ2v) is 12.9. The van der Waals surface area contributed by atoms with E-state index in [2.05, 4.69) is 27.8 Å². The minimum Gasteiger partial charge on any atom is -0.497 e. The number of likely N-dealkylation sites (tertiary alicyclic amines) is 1. The van der Waals surface area contributed by atoms with E-state index in [1.54, 1.807) is 19.1 Å². The molecule has 5 aromatic rings. The lowest BCUT2D eigenvalue weighted by atomic mass is 10.0. The Balaban J connectivity index is 1.27. The zero-order valence-corrected chi connectivity index (χ0v) is 26.6. The maximum Gasteiger partial charge on any atom is 0.410 e. The number of rotatable bonds is 5. The lowest BCUT2D eigenvalue weighted by Crippen LogP contribution is -2.36. The van der Waals surface area contributed by atoms with E-state index in [-0.39, 0.29) is 12.1 Å². The molecule has 0 aliphatic carbocycles. The van der Waals surface area contributed by atoms with Crippen LogP contribution in [0.25, 0.3) is 33.4 Å². The number of ether oxygens (including phenoxy) is 4. The molecule has 0 saturated carbocycles. The molecule has 2 atom stereocenters. The summed E-state index contributed by atoms with van der Waals surface area (Å²) >= 11 is 6.40. The van der Waals surface area contributed by atoms with E-state index in [1.165, 1.54) is 0 Å². The fourth-order valence-corrected chi connectivity index (χ4v) is 6.45. The monoisotopic (exact) mass is 626 g/mol. The highest BCUT2D eigenvalue weighted by molar-refractivity contribution is 6.31.